The smallest absolute Gasteiger partial charge is 0.262 e. The number of aliphatic hydroxyl groups excluding tert-OH is 1. The molecular formula is C41H41FN6O5. The van der Waals surface area contributed by atoms with Crippen molar-refractivity contribution in [3.8, 4) is 6.07 Å². The van der Waals surface area contributed by atoms with E-state index in [0.29, 0.717) is 24.9 Å². The van der Waals surface area contributed by atoms with Crippen LogP contribution in [0.3, 0.4) is 0 Å². The number of benzene rings is 3. The highest BCUT2D eigenvalue weighted by atomic mass is 19.1. The third kappa shape index (κ3) is 5.94. The summed E-state index contributed by atoms with van der Waals surface area (Å²) >= 11 is 0. The highest BCUT2D eigenvalue weighted by Crippen LogP contribution is 2.55. The molecule has 4 aliphatic rings. The summed E-state index contributed by atoms with van der Waals surface area (Å²) < 4.78 is 15.6. The van der Waals surface area contributed by atoms with Crippen LogP contribution in [0.4, 0.5) is 21.5 Å². The minimum absolute atomic E-state index is 0.00256. The van der Waals surface area contributed by atoms with Gasteiger partial charge in [-0.1, -0.05) is 24.3 Å². The number of nitrogens with zero attached hydrogens (tertiary/aromatic N) is 4. The Hall–Kier alpha value is -5.83. The van der Waals surface area contributed by atoms with E-state index in [1.807, 2.05) is 42.2 Å². The number of allylic oxidation sites excluding steroid dienone is 2. The Kier molecular flexibility index (Phi) is 8.71. The van der Waals surface area contributed by atoms with Gasteiger partial charge in [-0.25, -0.2) is 4.39 Å². The maximum absolute atomic E-state index is 15.6. The maximum Gasteiger partial charge on any atom is 0.262 e. The van der Waals surface area contributed by atoms with Crippen LogP contribution in [0.25, 0.3) is 5.57 Å². The lowest BCUT2D eigenvalue weighted by molar-refractivity contribution is -0.122. The van der Waals surface area contributed by atoms with Gasteiger partial charge in [0.2, 0.25) is 5.91 Å². The Morgan fingerprint density at radius 1 is 1.09 bits per heavy atom. The average molecular weight is 717 g/mol. The Morgan fingerprint density at radius 2 is 1.74 bits per heavy atom. The topological polar surface area (TPSA) is 172 Å². The Bertz CT molecular complexity index is 2150. The first-order valence-corrected chi connectivity index (χ1v) is 17.8. The van der Waals surface area contributed by atoms with E-state index < -0.39 is 35.0 Å². The van der Waals surface area contributed by atoms with E-state index in [1.54, 1.807) is 13.8 Å². The Labute approximate surface area is 307 Å². The van der Waals surface area contributed by atoms with E-state index >= 15 is 4.39 Å². The number of halogens is 1. The van der Waals surface area contributed by atoms with Gasteiger partial charge in [0.1, 0.15) is 18.1 Å². The molecule has 3 aromatic rings. The molecule has 1 saturated heterocycles. The van der Waals surface area contributed by atoms with Gasteiger partial charge in [0.05, 0.1) is 34.1 Å². The third-order valence-corrected chi connectivity index (χ3v) is 11.4. The Balaban J connectivity index is 1.14. The first kappa shape index (κ1) is 35.6. The van der Waals surface area contributed by atoms with Crippen LogP contribution >= 0.6 is 0 Å². The summed E-state index contributed by atoms with van der Waals surface area (Å²) in [4.78, 5) is 54.5. The predicted octanol–water partition coefficient (Wildman–Crippen LogP) is 6.25. The minimum Gasteiger partial charge on any atom is -0.512 e. The number of aliphatic hydroxyl groups is 1. The first-order chi connectivity index (χ1) is 25.2. The van der Waals surface area contributed by atoms with Crippen molar-refractivity contribution in [2.75, 3.05) is 22.9 Å². The number of nitriles is 1. The molecule has 53 heavy (non-hydrogen) atoms. The van der Waals surface area contributed by atoms with Gasteiger partial charge < -0.3 is 30.8 Å². The SMILES string of the molecule is CC(=N)/C(=C(/C)O)c1ccc(C)c(N(c2ccc(C3(C#N)CC3)cc2)C2CC3(C2)CN(c2cc4c(cc2F)C(=O)N(C(CCC=O)C(N)=O)C4=O)C3)c1. The van der Waals surface area contributed by atoms with Crippen molar-refractivity contribution < 1.29 is 28.7 Å². The van der Waals surface area contributed by atoms with Crippen molar-refractivity contribution in [1.29, 1.82) is 10.7 Å². The number of fused-ring (bicyclic) bond motifs is 1. The average Bonchev–Trinajstić information content (AvgIpc) is 3.85. The highest BCUT2D eigenvalue weighted by molar-refractivity contribution is 6.23. The number of anilines is 3. The largest absolute Gasteiger partial charge is 0.512 e. The number of aldehydes is 1. The molecular weight excluding hydrogens is 675 g/mol. The number of amides is 3. The van der Waals surface area contributed by atoms with E-state index in [-0.39, 0.29) is 52.6 Å². The van der Waals surface area contributed by atoms with Crippen LogP contribution in [-0.2, 0) is 15.0 Å². The second kappa shape index (κ2) is 13.0. The molecule has 7 rings (SSSR count). The summed E-state index contributed by atoms with van der Waals surface area (Å²) in [6.07, 6.45) is 3.66. The van der Waals surface area contributed by atoms with Gasteiger partial charge >= 0.3 is 0 Å². The fourth-order valence-electron chi connectivity index (χ4n) is 8.53. The lowest BCUT2D eigenvalue weighted by Gasteiger charge is -2.62. The van der Waals surface area contributed by atoms with Crippen LogP contribution in [-0.4, -0.2) is 64.9 Å². The second-order valence-corrected chi connectivity index (χ2v) is 15.1. The second-order valence-electron chi connectivity index (χ2n) is 15.1. The number of nitrogens with one attached hydrogen (secondary N) is 1. The molecule has 2 saturated carbocycles. The van der Waals surface area contributed by atoms with Gasteiger partial charge in [-0.2, -0.15) is 5.26 Å². The summed E-state index contributed by atoms with van der Waals surface area (Å²) in [5.74, 6) is -3.06. The predicted molar refractivity (Wildman–Crippen MR) is 198 cm³/mol. The number of aryl methyl sites for hydroxylation is 1. The molecule has 4 N–H and O–H groups in total. The molecule has 1 atom stereocenters. The molecule has 1 unspecified atom stereocenters. The van der Waals surface area contributed by atoms with Gasteiger partial charge in [0.25, 0.3) is 11.8 Å². The van der Waals surface area contributed by atoms with Crippen molar-refractivity contribution in [2.45, 2.75) is 76.8 Å². The molecule has 0 bridgehead atoms. The number of hydrogen-bond acceptors (Lipinski definition) is 9. The lowest BCUT2D eigenvalue weighted by atomic mass is 9.60. The van der Waals surface area contributed by atoms with E-state index in [1.165, 1.54) is 6.07 Å². The van der Waals surface area contributed by atoms with E-state index in [2.05, 4.69) is 23.1 Å². The van der Waals surface area contributed by atoms with Gasteiger partial charge in [0.15, 0.2) is 0 Å². The summed E-state index contributed by atoms with van der Waals surface area (Å²) in [5, 5.41) is 28.6. The zero-order valence-corrected chi connectivity index (χ0v) is 29.9. The fraction of sp³-hybridized carbons (Fsp3) is 0.366. The number of hydrogen-bond donors (Lipinski definition) is 3. The van der Waals surface area contributed by atoms with Crippen LogP contribution in [0.15, 0.2) is 60.4 Å². The molecule has 2 aliphatic heterocycles. The standard InChI is InChI=1S/C41H41FN6O5/c1-23-6-7-26(36(24(2)44)25(3)50)15-34(23)47(28-10-8-27(9-11-28)41(20-43)12-13-41)29-18-40(19-29)21-46(22-40)35-17-31-30(16-32(35)42)38(52)48(39(31)53)33(37(45)51)5-4-14-49/h6-11,14-17,29,33,44,50H,4-5,12-13,18-19,21-22H2,1-3H3,(H2,45,51)/b36-25+,44-24?. The van der Waals surface area contributed by atoms with Crippen molar-refractivity contribution in [3.63, 3.8) is 0 Å². The van der Waals surface area contributed by atoms with Crippen LogP contribution in [0.2, 0.25) is 0 Å². The molecule has 2 aliphatic carbocycles. The molecule has 3 aromatic carbocycles. The number of carbonyl (C=O) groups excluding carboxylic acids is 4. The molecule has 3 fully saturated rings. The van der Waals surface area contributed by atoms with Gasteiger partial charge in [-0.3, -0.25) is 19.3 Å². The van der Waals surface area contributed by atoms with Crippen molar-refractivity contribution in [3.05, 3.63) is 94.0 Å². The van der Waals surface area contributed by atoms with Crippen LogP contribution in [0.5, 0.6) is 0 Å². The molecule has 1 spiro atoms. The highest BCUT2D eigenvalue weighted by Gasteiger charge is 2.55. The molecule has 272 valence electrons. The molecule has 11 nitrogen and oxygen atoms in total. The first-order valence-electron chi connectivity index (χ1n) is 17.8. The lowest BCUT2D eigenvalue weighted by Crippen LogP contribution is -2.66. The van der Waals surface area contributed by atoms with Gasteiger partial charge in [-0.15, -0.1) is 0 Å². The molecule has 0 aromatic heterocycles. The summed E-state index contributed by atoms with van der Waals surface area (Å²) in [6.45, 7) is 6.32. The van der Waals surface area contributed by atoms with E-state index in [4.69, 9.17) is 11.1 Å². The number of primary amides is 1. The minimum atomic E-state index is -1.31. The van der Waals surface area contributed by atoms with Crippen molar-refractivity contribution >= 4 is 52.4 Å². The Morgan fingerprint density at radius 3 is 2.28 bits per heavy atom. The fourth-order valence-corrected chi connectivity index (χ4v) is 8.53. The maximum atomic E-state index is 15.6. The van der Waals surface area contributed by atoms with Crippen LogP contribution < -0.4 is 15.5 Å². The van der Waals surface area contributed by atoms with E-state index in [0.717, 1.165) is 64.7 Å². The molecule has 0 radical (unpaired) electrons. The van der Waals surface area contributed by atoms with Gasteiger partial charge in [-0.05, 0) is 99.9 Å². The van der Waals surface area contributed by atoms with Crippen LogP contribution in [0.1, 0.15) is 89.8 Å². The monoisotopic (exact) mass is 716 g/mol. The zero-order valence-electron chi connectivity index (χ0n) is 29.9. The third-order valence-electron chi connectivity index (χ3n) is 11.4. The molecule has 3 amide bonds. The number of rotatable bonds is 12. The number of nitrogens with two attached hydrogens (primary N) is 1. The van der Waals surface area contributed by atoms with Crippen molar-refractivity contribution in [2.24, 2.45) is 11.1 Å². The van der Waals surface area contributed by atoms with E-state index in [9.17, 15) is 29.5 Å². The molecule has 12 heteroatoms. The summed E-state index contributed by atoms with van der Waals surface area (Å²) in [6, 6.07) is 17.7. The normalized spacial score (nSPS) is 19.1. The molecule has 2 heterocycles. The summed E-state index contributed by atoms with van der Waals surface area (Å²) in [7, 11) is 0. The van der Waals surface area contributed by atoms with Crippen LogP contribution in [0, 0.1) is 34.9 Å². The number of imide groups is 1. The quantitative estimate of drug-likeness (QED) is 0.0854. The number of carbonyl (C=O) groups is 4. The summed E-state index contributed by atoms with van der Waals surface area (Å²) in [5.41, 5.74) is 10.4. The zero-order chi connectivity index (χ0) is 38.0. The van der Waals surface area contributed by atoms with Gasteiger partial charge in [0, 0.05) is 53.6 Å². The van der Waals surface area contributed by atoms with Crippen molar-refractivity contribution in [1.82, 2.24) is 4.90 Å².